The maximum absolute atomic E-state index is 12.3. The van der Waals surface area contributed by atoms with Crippen LogP contribution in [0.4, 0.5) is 5.69 Å². The molecular weight excluding hydrogens is 252 g/mol. The van der Waals surface area contributed by atoms with Crippen LogP contribution in [0.15, 0.2) is 24.3 Å². The summed E-state index contributed by atoms with van der Waals surface area (Å²) in [6, 6.07) is 8.22. The summed E-state index contributed by atoms with van der Waals surface area (Å²) in [6.45, 7) is 1.62. The van der Waals surface area contributed by atoms with Gasteiger partial charge in [-0.2, -0.15) is 0 Å². The largest absolute Gasteiger partial charge is 0.393 e. The van der Waals surface area contributed by atoms with Crippen molar-refractivity contribution in [1.29, 1.82) is 0 Å². The molecule has 1 aliphatic heterocycles. The van der Waals surface area contributed by atoms with Gasteiger partial charge in [0.2, 0.25) is 5.91 Å². The van der Waals surface area contributed by atoms with E-state index in [1.54, 1.807) is 0 Å². The fourth-order valence-corrected chi connectivity index (χ4v) is 3.24. The lowest BCUT2D eigenvalue weighted by molar-refractivity contribution is -0.131. The summed E-state index contributed by atoms with van der Waals surface area (Å²) in [4.78, 5) is 14.1. The van der Waals surface area contributed by atoms with E-state index in [-0.39, 0.29) is 17.9 Å². The van der Waals surface area contributed by atoms with Crippen LogP contribution >= 0.6 is 0 Å². The lowest BCUT2D eigenvalue weighted by Crippen LogP contribution is -2.39. The highest BCUT2D eigenvalue weighted by Gasteiger charge is 2.30. The molecule has 0 saturated heterocycles. The molecule has 1 unspecified atom stereocenters. The molecule has 1 aromatic rings. The average Bonchev–Trinajstić information content (AvgIpc) is 2.80. The minimum absolute atomic E-state index is 0.144. The summed E-state index contributed by atoms with van der Waals surface area (Å²) >= 11 is 0. The molecule has 1 aliphatic carbocycles. The number of rotatable bonds is 4. The second kappa shape index (κ2) is 5.44. The minimum atomic E-state index is -0.144. The Hall–Kier alpha value is -1.55. The van der Waals surface area contributed by atoms with Gasteiger partial charge in [-0.1, -0.05) is 18.2 Å². The number of hydrogen-bond donors (Lipinski definition) is 2. The first-order chi connectivity index (χ1) is 9.63. The van der Waals surface area contributed by atoms with E-state index in [1.165, 1.54) is 5.56 Å². The summed E-state index contributed by atoms with van der Waals surface area (Å²) < 4.78 is 0. The van der Waals surface area contributed by atoms with Gasteiger partial charge in [0.05, 0.1) is 6.10 Å². The van der Waals surface area contributed by atoms with Crippen molar-refractivity contribution in [2.24, 2.45) is 5.92 Å². The highest BCUT2D eigenvalue weighted by Crippen LogP contribution is 2.34. The van der Waals surface area contributed by atoms with Gasteiger partial charge in [0, 0.05) is 38.2 Å². The molecule has 0 aromatic heterocycles. The number of hydrogen-bond acceptors (Lipinski definition) is 3. The van der Waals surface area contributed by atoms with Crippen molar-refractivity contribution >= 4 is 11.6 Å². The molecule has 0 spiro atoms. The van der Waals surface area contributed by atoms with E-state index in [2.05, 4.69) is 17.4 Å². The van der Waals surface area contributed by atoms with Crippen LogP contribution in [0, 0.1) is 5.92 Å². The van der Waals surface area contributed by atoms with Crippen molar-refractivity contribution in [3.63, 3.8) is 0 Å². The summed E-state index contributed by atoms with van der Waals surface area (Å²) in [5, 5.41) is 12.7. The molecule has 0 radical (unpaired) electrons. The number of carbonyl (C=O) groups is 1. The van der Waals surface area contributed by atoms with Crippen LogP contribution in [-0.4, -0.2) is 42.2 Å². The second-order valence-corrected chi connectivity index (χ2v) is 6.13. The summed E-state index contributed by atoms with van der Waals surface area (Å²) in [5.41, 5.74) is 2.42. The van der Waals surface area contributed by atoms with Gasteiger partial charge in [-0.3, -0.25) is 4.79 Å². The van der Waals surface area contributed by atoms with Crippen LogP contribution in [-0.2, 0) is 4.79 Å². The van der Waals surface area contributed by atoms with Crippen molar-refractivity contribution in [2.45, 2.75) is 31.3 Å². The van der Waals surface area contributed by atoms with E-state index in [0.717, 1.165) is 31.6 Å². The molecular formula is C16H22N2O2. The van der Waals surface area contributed by atoms with E-state index >= 15 is 0 Å². The Morgan fingerprint density at radius 2 is 2.15 bits per heavy atom. The fourth-order valence-electron chi connectivity index (χ4n) is 3.24. The van der Waals surface area contributed by atoms with Crippen LogP contribution in [0.25, 0.3) is 0 Å². The normalized spacial score (nSPS) is 27.4. The number of aliphatic hydroxyl groups is 1. The number of nitrogens with zero attached hydrogens (tertiary/aromatic N) is 1. The highest BCUT2D eigenvalue weighted by atomic mass is 16.3. The Morgan fingerprint density at radius 1 is 1.40 bits per heavy atom. The zero-order chi connectivity index (χ0) is 14.1. The fraction of sp³-hybridized carbons (Fsp3) is 0.562. The first-order valence-corrected chi connectivity index (χ1v) is 7.38. The molecule has 2 aliphatic rings. The number of carbonyl (C=O) groups excluding carboxylic acids is 1. The van der Waals surface area contributed by atoms with Crippen molar-refractivity contribution < 1.29 is 9.90 Å². The lowest BCUT2D eigenvalue weighted by atomic mass is 9.82. The van der Waals surface area contributed by atoms with E-state index in [0.29, 0.717) is 12.3 Å². The number of anilines is 1. The molecule has 4 nitrogen and oxygen atoms in total. The third-order valence-electron chi connectivity index (χ3n) is 4.53. The first kappa shape index (κ1) is 13.4. The van der Waals surface area contributed by atoms with E-state index in [1.807, 2.05) is 24.1 Å². The minimum Gasteiger partial charge on any atom is -0.393 e. The Labute approximate surface area is 119 Å². The predicted octanol–water partition coefficient (Wildman–Crippen LogP) is 1.82. The van der Waals surface area contributed by atoms with Crippen LogP contribution in [0.2, 0.25) is 0 Å². The maximum Gasteiger partial charge on any atom is 0.223 e. The van der Waals surface area contributed by atoms with Crippen molar-refractivity contribution in [3.05, 3.63) is 29.8 Å². The molecule has 108 valence electrons. The third kappa shape index (κ3) is 2.66. The molecule has 20 heavy (non-hydrogen) atoms. The van der Waals surface area contributed by atoms with Gasteiger partial charge < -0.3 is 15.3 Å². The molecule has 1 atom stereocenters. The van der Waals surface area contributed by atoms with Gasteiger partial charge in [0.15, 0.2) is 0 Å². The average molecular weight is 274 g/mol. The van der Waals surface area contributed by atoms with Crippen LogP contribution in [0.3, 0.4) is 0 Å². The Kier molecular flexibility index (Phi) is 3.66. The Bertz CT molecular complexity index is 497. The molecule has 2 N–H and O–H groups in total. The Morgan fingerprint density at radius 3 is 2.90 bits per heavy atom. The van der Waals surface area contributed by atoms with Gasteiger partial charge in [0.1, 0.15) is 0 Å². The molecule has 1 fully saturated rings. The van der Waals surface area contributed by atoms with E-state index in [4.69, 9.17) is 0 Å². The van der Waals surface area contributed by atoms with Gasteiger partial charge in [-0.05, 0) is 30.4 Å². The van der Waals surface area contributed by atoms with Crippen LogP contribution in [0.5, 0.6) is 0 Å². The Balaban J connectivity index is 1.54. The lowest BCUT2D eigenvalue weighted by Gasteiger charge is -2.34. The van der Waals surface area contributed by atoms with Crippen molar-refractivity contribution in [2.75, 3.05) is 25.5 Å². The topological polar surface area (TPSA) is 52.6 Å². The SMILES string of the molecule is CN(CC1CC(O)C1)C(=O)CC1CNc2ccccc21. The summed E-state index contributed by atoms with van der Waals surface area (Å²) in [5.74, 6) is 0.968. The molecule has 0 bridgehead atoms. The number of fused-ring (bicyclic) bond motifs is 1. The second-order valence-electron chi connectivity index (χ2n) is 6.13. The van der Waals surface area contributed by atoms with Gasteiger partial charge in [0.25, 0.3) is 0 Å². The molecule has 1 amide bonds. The number of amides is 1. The molecule has 3 rings (SSSR count). The number of benzene rings is 1. The third-order valence-corrected chi connectivity index (χ3v) is 4.53. The van der Waals surface area contributed by atoms with Gasteiger partial charge in [-0.15, -0.1) is 0 Å². The monoisotopic (exact) mass is 274 g/mol. The smallest absolute Gasteiger partial charge is 0.223 e. The molecule has 1 saturated carbocycles. The van der Waals surface area contributed by atoms with E-state index < -0.39 is 0 Å². The summed E-state index contributed by atoms with van der Waals surface area (Å²) in [7, 11) is 1.88. The number of para-hydroxylation sites is 1. The van der Waals surface area contributed by atoms with Crippen molar-refractivity contribution in [1.82, 2.24) is 4.90 Å². The molecule has 1 heterocycles. The number of aliphatic hydroxyl groups excluding tert-OH is 1. The predicted molar refractivity (Wildman–Crippen MR) is 78.7 cm³/mol. The zero-order valence-corrected chi connectivity index (χ0v) is 11.9. The molecule has 1 aromatic carbocycles. The first-order valence-electron chi connectivity index (χ1n) is 7.38. The quantitative estimate of drug-likeness (QED) is 0.880. The van der Waals surface area contributed by atoms with Crippen LogP contribution in [0.1, 0.15) is 30.7 Å². The number of nitrogens with one attached hydrogen (secondary N) is 1. The van der Waals surface area contributed by atoms with Gasteiger partial charge >= 0.3 is 0 Å². The highest BCUT2D eigenvalue weighted by molar-refractivity contribution is 5.78. The van der Waals surface area contributed by atoms with Crippen molar-refractivity contribution in [3.8, 4) is 0 Å². The standard InChI is InChI=1S/C16H22N2O2/c1-18(10-11-6-13(19)7-11)16(20)8-12-9-17-15-5-3-2-4-14(12)15/h2-5,11-13,17,19H,6-10H2,1H3. The summed E-state index contributed by atoms with van der Waals surface area (Å²) in [6.07, 6.45) is 2.10. The molecule has 4 heteroatoms. The van der Waals surface area contributed by atoms with Gasteiger partial charge in [-0.25, -0.2) is 0 Å². The maximum atomic E-state index is 12.3. The van der Waals surface area contributed by atoms with E-state index in [9.17, 15) is 9.90 Å². The van der Waals surface area contributed by atoms with Crippen LogP contribution < -0.4 is 5.32 Å². The zero-order valence-electron chi connectivity index (χ0n) is 11.9.